The lowest BCUT2D eigenvalue weighted by atomic mass is 9.97. The van der Waals surface area contributed by atoms with Crippen molar-refractivity contribution in [3.8, 4) is 0 Å². The van der Waals surface area contributed by atoms with Crippen molar-refractivity contribution in [3.63, 3.8) is 0 Å². The third-order valence-corrected chi connectivity index (χ3v) is 7.83. The van der Waals surface area contributed by atoms with Crippen molar-refractivity contribution >= 4 is 35.0 Å². The number of nitrogens with zero attached hydrogens (tertiary/aromatic N) is 4. The molecule has 0 bridgehead atoms. The third kappa shape index (κ3) is 4.59. The number of halogens is 5. The molecule has 2 aliphatic heterocycles. The quantitative estimate of drug-likeness (QED) is 0.401. The Labute approximate surface area is 221 Å². The van der Waals surface area contributed by atoms with Crippen molar-refractivity contribution in [2.24, 2.45) is 0 Å². The molecule has 0 saturated heterocycles. The summed E-state index contributed by atoms with van der Waals surface area (Å²) in [5, 5.41) is 5.26. The van der Waals surface area contributed by atoms with E-state index in [1.54, 1.807) is 39.6 Å². The van der Waals surface area contributed by atoms with E-state index in [2.05, 4.69) is 5.10 Å². The van der Waals surface area contributed by atoms with Crippen molar-refractivity contribution in [3.05, 3.63) is 86.2 Å². The Morgan fingerprint density at radius 1 is 1.11 bits per heavy atom. The minimum Gasteiger partial charge on any atom is -0.331 e. The third-order valence-electron chi connectivity index (χ3n) is 7.09. The van der Waals surface area contributed by atoms with E-state index in [1.165, 1.54) is 12.1 Å². The zero-order chi connectivity index (χ0) is 26.6. The number of hydrogen-bond donors (Lipinski definition) is 0. The van der Waals surface area contributed by atoms with Gasteiger partial charge in [-0.05, 0) is 49.7 Å². The molecule has 2 aliphatic rings. The van der Waals surface area contributed by atoms with E-state index in [1.807, 2.05) is 6.92 Å². The number of aromatic nitrogens is 2. The van der Waals surface area contributed by atoms with Crippen LogP contribution in [0.25, 0.3) is 0 Å². The molecule has 0 spiro atoms. The molecule has 5 rings (SSSR count). The molecule has 2 amide bonds. The summed E-state index contributed by atoms with van der Waals surface area (Å²) in [6, 6.07) is 8.99. The average molecular weight is 551 g/mol. The second-order valence-electron chi connectivity index (χ2n) is 9.41. The van der Waals surface area contributed by atoms with Gasteiger partial charge in [0.1, 0.15) is 5.69 Å². The normalized spacial score (nSPS) is 18.5. The largest absolute Gasteiger partial charge is 0.416 e. The topological polar surface area (TPSA) is 58.4 Å². The van der Waals surface area contributed by atoms with Gasteiger partial charge in [0.15, 0.2) is 0 Å². The molecule has 37 heavy (non-hydrogen) atoms. The molecule has 1 unspecified atom stereocenters. The summed E-state index contributed by atoms with van der Waals surface area (Å²) < 4.78 is 41.4. The number of carbonyl (C=O) groups is 2. The van der Waals surface area contributed by atoms with Crippen molar-refractivity contribution in [2.75, 3.05) is 6.54 Å². The standard InChI is InChI=1S/C26H23Cl2F3N4O2/c1-14-10-22-19(13-34(14)24(36)17-6-7-20(27)21(28)12-17)23-25(37)33(8-9-35(23)32-22)15(2)16-4-3-5-18(11-16)26(29,30)31/h3-7,11-12,14-15H,8-10,13H2,1-2H3/t14-,15?/m1/s1. The lowest BCUT2D eigenvalue weighted by molar-refractivity contribution is -0.137. The number of rotatable bonds is 3. The van der Waals surface area contributed by atoms with Crippen molar-refractivity contribution < 1.29 is 22.8 Å². The summed E-state index contributed by atoms with van der Waals surface area (Å²) in [7, 11) is 0. The molecule has 194 valence electrons. The molecule has 11 heteroatoms. The van der Waals surface area contributed by atoms with Gasteiger partial charge in [0.2, 0.25) is 0 Å². The SMILES string of the molecule is CC(c1cccc(C(F)(F)F)c1)N1CCn2nc3c(c2C1=O)CN(C(=O)c1ccc(Cl)c(Cl)c1)[C@H](C)C3. The van der Waals surface area contributed by atoms with Crippen molar-refractivity contribution in [2.45, 2.75) is 51.6 Å². The smallest absolute Gasteiger partial charge is 0.331 e. The predicted octanol–water partition coefficient (Wildman–Crippen LogP) is 6.01. The van der Waals surface area contributed by atoms with Crippen LogP contribution in [0.4, 0.5) is 13.2 Å². The van der Waals surface area contributed by atoms with Gasteiger partial charge in [0.25, 0.3) is 11.8 Å². The highest BCUT2D eigenvalue weighted by atomic mass is 35.5. The lowest BCUT2D eigenvalue weighted by Crippen LogP contribution is -2.44. The maximum atomic E-state index is 13.7. The zero-order valence-corrected chi connectivity index (χ0v) is 21.5. The fourth-order valence-corrected chi connectivity index (χ4v) is 5.33. The van der Waals surface area contributed by atoms with Gasteiger partial charge < -0.3 is 9.80 Å². The molecule has 0 radical (unpaired) electrons. The first-order chi connectivity index (χ1) is 17.5. The number of hydrogen-bond acceptors (Lipinski definition) is 3. The van der Waals surface area contributed by atoms with Crippen LogP contribution in [0.3, 0.4) is 0 Å². The maximum Gasteiger partial charge on any atom is 0.416 e. The Kier molecular flexibility index (Phi) is 6.48. The second-order valence-corrected chi connectivity index (χ2v) is 10.2. The minimum absolute atomic E-state index is 0.165. The highest BCUT2D eigenvalue weighted by molar-refractivity contribution is 6.42. The van der Waals surface area contributed by atoms with Gasteiger partial charge in [0, 0.05) is 30.1 Å². The summed E-state index contributed by atoms with van der Waals surface area (Å²) in [4.78, 5) is 30.2. The summed E-state index contributed by atoms with van der Waals surface area (Å²) in [5.74, 6) is -0.560. The van der Waals surface area contributed by atoms with Gasteiger partial charge in [-0.1, -0.05) is 35.3 Å². The monoisotopic (exact) mass is 550 g/mol. The van der Waals surface area contributed by atoms with Crippen LogP contribution in [0.5, 0.6) is 0 Å². The molecule has 0 aliphatic carbocycles. The van der Waals surface area contributed by atoms with Crippen LogP contribution < -0.4 is 0 Å². The molecule has 3 aromatic rings. The van der Waals surface area contributed by atoms with E-state index in [0.29, 0.717) is 46.9 Å². The van der Waals surface area contributed by atoms with Gasteiger partial charge >= 0.3 is 6.18 Å². The van der Waals surface area contributed by atoms with E-state index in [-0.39, 0.29) is 29.4 Å². The Bertz CT molecular complexity index is 1400. The highest BCUT2D eigenvalue weighted by Crippen LogP contribution is 2.35. The summed E-state index contributed by atoms with van der Waals surface area (Å²) >= 11 is 12.1. The molecule has 2 aromatic carbocycles. The van der Waals surface area contributed by atoms with E-state index >= 15 is 0 Å². The first-order valence-electron chi connectivity index (χ1n) is 11.8. The van der Waals surface area contributed by atoms with Crippen LogP contribution in [0.2, 0.25) is 10.0 Å². The molecule has 1 aromatic heterocycles. The number of alkyl halides is 3. The molecule has 0 saturated carbocycles. The number of benzene rings is 2. The first kappa shape index (κ1) is 25.6. The zero-order valence-electron chi connectivity index (χ0n) is 20.0. The van der Waals surface area contributed by atoms with Gasteiger partial charge in [-0.2, -0.15) is 18.3 Å². The second kappa shape index (κ2) is 9.36. The summed E-state index contributed by atoms with van der Waals surface area (Å²) in [5.41, 5.74) is 1.82. The molecular weight excluding hydrogens is 528 g/mol. The Morgan fingerprint density at radius 3 is 2.57 bits per heavy atom. The van der Waals surface area contributed by atoms with E-state index in [0.717, 1.165) is 17.8 Å². The van der Waals surface area contributed by atoms with Crippen LogP contribution in [-0.2, 0) is 25.7 Å². The molecule has 0 fully saturated rings. The van der Waals surface area contributed by atoms with Crippen LogP contribution in [-0.4, -0.2) is 44.0 Å². The van der Waals surface area contributed by atoms with Gasteiger partial charge in [-0.25, -0.2) is 0 Å². The summed E-state index contributed by atoms with van der Waals surface area (Å²) in [6.45, 7) is 4.54. The fraction of sp³-hybridized carbons (Fsp3) is 0.346. The average Bonchev–Trinajstić information content (AvgIpc) is 3.22. The predicted molar refractivity (Wildman–Crippen MR) is 133 cm³/mol. The number of amides is 2. The minimum atomic E-state index is -4.47. The Balaban J connectivity index is 1.44. The first-order valence-corrected chi connectivity index (χ1v) is 12.5. The van der Waals surface area contributed by atoms with Crippen molar-refractivity contribution in [1.82, 2.24) is 19.6 Å². The van der Waals surface area contributed by atoms with Crippen LogP contribution >= 0.6 is 23.2 Å². The van der Waals surface area contributed by atoms with Gasteiger partial charge in [-0.3, -0.25) is 14.3 Å². The Morgan fingerprint density at radius 2 is 1.86 bits per heavy atom. The Hall–Kier alpha value is -3.04. The highest BCUT2D eigenvalue weighted by Gasteiger charge is 2.39. The van der Waals surface area contributed by atoms with Gasteiger partial charge in [-0.15, -0.1) is 0 Å². The van der Waals surface area contributed by atoms with Crippen LogP contribution in [0.15, 0.2) is 42.5 Å². The molecule has 3 heterocycles. The van der Waals surface area contributed by atoms with E-state index in [9.17, 15) is 22.8 Å². The van der Waals surface area contributed by atoms with Crippen LogP contribution in [0, 0.1) is 0 Å². The summed E-state index contributed by atoms with van der Waals surface area (Å²) in [6.07, 6.45) is -4.00. The molecule has 2 atom stereocenters. The number of fused-ring (bicyclic) bond motifs is 3. The van der Waals surface area contributed by atoms with E-state index < -0.39 is 17.8 Å². The van der Waals surface area contributed by atoms with Crippen molar-refractivity contribution in [1.29, 1.82) is 0 Å². The number of carbonyl (C=O) groups excluding carboxylic acids is 2. The van der Waals surface area contributed by atoms with Crippen LogP contribution in [0.1, 0.15) is 63.1 Å². The molecular formula is C26H23Cl2F3N4O2. The maximum absolute atomic E-state index is 13.7. The molecule has 6 nitrogen and oxygen atoms in total. The van der Waals surface area contributed by atoms with Gasteiger partial charge in [0.05, 0.1) is 40.4 Å². The fourth-order valence-electron chi connectivity index (χ4n) is 5.03. The molecule has 0 N–H and O–H groups in total. The van der Waals surface area contributed by atoms with E-state index in [4.69, 9.17) is 23.2 Å². The lowest BCUT2D eigenvalue weighted by Gasteiger charge is -2.35.